The highest BCUT2D eigenvalue weighted by Crippen LogP contribution is 2.27. The van der Waals surface area contributed by atoms with Crippen LogP contribution in [0.25, 0.3) is 0 Å². The number of nitrogens with zero attached hydrogens (tertiary/aromatic N) is 2. The average molecular weight is 398 g/mol. The summed E-state index contributed by atoms with van der Waals surface area (Å²) in [5.41, 5.74) is -0.0499. The molecule has 0 aliphatic rings. The van der Waals surface area contributed by atoms with Crippen LogP contribution in [-0.2, 0) is 11.3 Å². The Labute approximate surface area is 160 Å². The molecule has 0 saturated carbocycles. The molecule has 0 aliphatic carbocycles. The number of benzene rings is 1. The largest absolute Gasteiger partial charge is 0.573 e. The molecule has 1 heterocycles. The van der Waals surface area contributed by atoms with Crippen LogP contribution in [0.2, 0.25) is 0 Å². The lowest BCUT2D eigenvalue weighted by Gasteiger charge is -2.18. The van der Waals surface area contributed by atoms with E-state index in [1.54, 1.807) is 13.0 Å². The molecule has 0 atom stereocenters. The standard InChI is InChI=1S/C18H21F3N4O3/c1-10-7-12(5-6-13(10)28-18(19,20)21)9-23-14-15(24-11(2)8-22-14)25-16(26)17(3,4)27/h5-8,27H,9H2,1-4H3,(H,22,23)(H,24,25,26). The summed E-state index contributed by atoms with van der Waals surface area (Å²) in [7, 11) is 0. The third-order valence-corrected chi connectivity index (χ3v) is 3.61. The number of rotatable bonds is 6. The van der Waals surface area contributed by atoms with E-state index in [-0.39, 0.29) is 23.9 Å². The molecule has 1 aromatic heterocycles. The molecule has 10 heteroatoms. The maximum Gasteiger partial charge on any atom is 0.573 e. The van der Waals surface area contributed by atoms with Gasteiger partial charge in [0.25, 0.3) is 5.91 Å². The Morgan fingerprint density at radius 1 is 1.21 bits per heavy atom. The Hall–Kier alpha value is -2.88. The smallest absolute Gasteiger partial charge is 0.406 e. The van der Waals surface area contributed by atoms with Gasteiger partial charge in [0.1, 0.15) is 11.4 Å². The third kappa shape index (κ3) is 6.08. The van der Waals surface area contributed by atoms with E-state index in [4.69, 9.17) is 0 Å². The molecule has 2 rings (SSSR count). The van der Waals surface area contributed by atoms with Gasteiger partial charge in [-0.05, 0) is 44.9 Å². The first-order chi connectivity index (χ1) is 12.8. The SMILES string of the molecule is Cc1cnc(NCc2ccc(OC(F)(F)F)c(C)c2)c(NC(=O)C(C)(C)O)n1. The summed E-state index contributed by atoms with van der Waals surface area (Å²) in [4.78, 5) is 20.4. The topological polar surface area (TPSA) is 96.4 Å². The number of halogens is 3. The zero-order valence-corrected chi connectivity index (χ0v) is 15.8. The van der Waals surface area contributed by atoms with Gasteiger partial charge in [0.2, 0.25) is 0 Å². The van der Waals surface area contributed by atoms with Gasteiger partial charge in [-0.3, -0.25) is 4.79 Å². The van der Waals surface area contributed by atoms with E-state index >= 15 is 0 Å². The molecule has 1 aromatic carbocycles. The lowest BCUT2D eigenvalue weighted by Crippen LogP contribution is -2.37. The molecule has 0 fully saturated rings. The van der Waals surface area contributed by atoms with Crippen LogP contribution in [0.5, 0.6) is 5.75 Å². The minimum Gasteiger partial charge on any atom is -0.406 e. The number of hydrogen-bond acceptors (Lipinski definition) is 6. The van der Waals surface area contributed by atoms with Gasteiger partial charge in [0.05, 0.1) is 11.9 Å². The van der Waals surface area contributed by atoms with Gasteiger partial charge >= 0.3 is 6.36 Å². The first-order valence-electron chi connectivity index (χ1n) is 8.32. The number of aliphatic hydroxyl groups is 1. The van der Waals surface area contributed by atoms with Gasteiger partial charge in [-0.25, -0.2) is 9.97 Å². The molecule has 0 unspecified atom stereocenters. The van der Waals surface area contributed by atoms with E-state index in [0.29, 0.717) is 16.8 Å². The molecule has 0 aliphatic heterocycles. The number of hydrogen-bond donors (Lipinski definition) is 3. The lowest BCUT2D eigenvalue weighted by atomic mass is 10.1. The number of anilines is 2. The predicted octanol–water partition coefficient (Wildman–Crippen LogP) is 3.31. The van der Waals surface area contributed by atoms with Crippen molar-refractivity contribution in [1.82, 2.24) is 9.97 Å². The van der Waals surface area contributed by atoms with Gasteiger partial charge in [0.15, 0.2) is 11.6 Å². The molecular weight excluding hydrogens is 377 g/mol. The molecular formula is C18H21F3N4O3. The monoisotopic (exact) mass is 398 g/mol. The molecule has 3 N–H and O–H groups in total. The number of carbonyl (C=O) groups excluding carboxylic acids is 1. The molecule has 7 nitrogen and oxygen atoms in total. The predicted molar refractivity (Wildman–Crippen MR) is 96.9 cm³/mol. The first kappa shape index (κ1) is 21.4. The van der Waals surface area contributed by atoms with Crippen molar-refractivity contribution in [2.75, 3.05) is 10.6 Å². The zero-order valence-electron chi connectivity index (χ0n) is 15.8. The van der Waals surface area contributed by atoms with E-state index in [1.807, 2.05) is 0 Å². The molecule has 0 spiro atoms. The Morgan fingerprint density at radius 3 is 2.46 bits per heavy atom. The average Bonchev–Trinajstić information content (AvgIpc) is 2.54. The zero-order chi connectivity index (χ0) is 21.1. The maximum absolute atomic E-state index is 12.4. The summed E-state index contributed by atoms with van der Waals surface area (Å²) in [5, 5.41) is 15.3. The maximum atomic E-state index is 12.4. The van der Waals surface area contributed by atoms with Crippen molar-refractivity contribution in [3.05, 3.63) is 41.2 Å². The van der Waals surface area contributed by atoms with E-state index < -0.39 is 17.9 Å². The van der Waals surface area contributed by atoms with Crippen LogP contribution in [0, 0.1) is 13.8 Å². The third-order valence-electron chi connectivity index (χ3n) is 3.61. The van der Waals surface area contributed by atoms with Crippen molar-refractivity contribution < 1.29 is 27.8 Å². The van der Waals surface area contributed by atoms with Gasteiger partial charge in [-0.15, -0.1) is 13.2 Å². The second kappa shape index (κ2) is 8.01. The summed E-state index contributed by atoms with van der Waals surface area (Å²) in [6, 6.07) is 4.26. The van der Waals surface area contributed by atoms with Crippen molar-refractivity contribution in [2.45, 2.75) is 46.2 Å². The van der Waals surface area contributed by atoms with E-state index in [1.165, 1.54) is 39.1 Å². The highest BCUT2D eigenvalue weighted by atomic mass is 19.4. The quantitative estimate of drug-likeness (QED) is 0.691. The van der Waals surface area contributed by atoms with E-state index in [9.17, 15) is 23.1 Å². The van der Waals surface area contributed by atoms with Crippen molar-refractivity contribution in [3.8, 4) is 5.75 Å². The van der Waals surface area contributed by atoms with Gasteiger partial charge in [-0.2, -0.15) is 0 Å². The van der Waals surface area contributed by atoms with E-state index in [2.05, 4.69) is 25.3 Å². The molecule has 0 radical (unpaired) electrons. The number of ether oxygens (including phenoxy) is 1. The second-order valence-corrected chi connectivity index (χ2v) is 6.72. The molecule has 2 aromatic rings. The summed E-state index contributed by atoms with van der Waals surface area (Å²) in [6.07, 6.45) is -3.26. The number of nitrogens with one attached hydrogen (secondary N) is 2. The van der Waals surface area contributed by atoms with Crippen LogP contribution in [0.15, 0.2) is 24.4 Å². The minimum atomic E-state index is -4.75. The first-order valence-corrected chi connectivity index (χ1v) is 8.32. The summed E-state index contributed by atoms with van der Waals surface area (Å²) < 4.78 is 41.0. The van der Waals surface area contributed by atoms with Crippen LogP contribution in [0.3, 0.4) is 0 Å². The van der Waals surface area contributed by atoms with Crippen molar-refractivity contribution in [1.29, 1.82) is 0 Å². The van der Waals surface area contributed by atoms with Crippen LogP contribution in [0.1, 0.15) is 30.7 Å². The number of aromatic nitrogens is 2. The fourth-order valence-corrected chi connectivity index (χ4v) is 2.20. The number of carbonyl (C=O) groups is 1. The fraction of sp³-hybridized carbons (Fsp3) is 0.389. The molecule has 0 bridgehead atoms. The molecule has 28 heavy (non-hydrogen) atoms. The molecule has 0 saturated heterocycles. The van der Waals surface area contributed by atoms with E-state index in [0.717, 1.165) is 0 Å². The second-order valence-electron chi connectivity index (χ2n) is 6.72. The number of alkyl halides is 3. The summed E-state index contributed by atoms with van der Waals surface area (Å²) in [6.45, 7) is 6.10. The van der Waals surface area contributed by atoms with Crippen molar-refractivity contribution in [2.24, 2.45) is 0 Å². The number of aryl methyl sites for hydroxylation is 2. The minimum absolute atomic E-state index is 0.140. The summed E-state index contributed by atoms with van der Waals surface area (Å²) >= 11 is 0. The summed E-state index contributed by atoms with van der Waals surface area (Å²) in [5.74, 6) is -0.526. The molecule has 152 valence electrons. The number of amides is 1. The Bertz CT molecular complexity index is 864. The van der Waals surface area contributed by atoms with Crippen LogP contribution in [-0.4, -0.2) is 32.9 Å². The molecule has 1 amide bonds. The van der Waals surface area contributed by atoms with Gasteiger partial charge < -0.3 is 20.5 Å². The normalized spacial score (nSPS) is 11.9. The Kier molecular flexibility index (Phi) is 6.13. The van der Waals surface area contributed by atoms with Crippen LogP contribution < -0.4 is 15.4 Å². The Morgan fingerprint density at radius 2 is 1.89 bits per heavy atom. The van der Waals surface area contributed by atoms with Crippen molar-refractivity contribution >= 4 is 17.5 Å². The van der Waals surface area contributed by atoms with Crippen LogP contribution in [0.4, 0.5) is 24.8 Å². The highest BCUT2D eigenvalue weighted by molar-refractivity contribution is 5.97. The van der Waals surface area contributed by atoms with Gasteiger partial charge in [0, 0.05) is 6.54 Å². The van der Waals surface area contributed by atoms with Crippen LogP contribution >= 0.6 is 0 Å². The van der Waals surface area contributed by atoms with Gasteiger partial charge in [-0.1, -0.05) is 12.1 Å². The lowest BCUT2D eigenvalue weighted by molar-refractivity contribution is -0.274. The highest BCUT2D eigenvalue weighted by Gasteiger charge is 2.31. The fourth-order valence-electron chi connectivity index (χ4n) is 2.20. The van der Waals surface area contributed by atoms with Crippen molar-refractivity contribution in [3.63, 3.8) is 0 Å². The Balaban J connectivity index is 2.14.